The number of rotatable bonds is 3. The van der Waals surface area contributed by atoms with Crippen molar-refractivity contribution in [3.05, 3.63) is 35.7 Å². The van der Waals surface area contributed by atoms with Crippen molar-refractivity contribution >= 4 is 15.9 Å². The molecule has 0 radical (unpaired) electrons. The van der Waals surface area contributed by atoms with Crippen LogP contribution < -0.4 is 0 Å². The van der Waals surface area contributed by atoms with Gasteiger partial charge in [-0.3, -0.25) is 0 Å². The van der Waals surface area contributed by atoms with Gasteiger partial charge in [-0.25, -0.2) is 0 Å². The zero-order valence-corrected chi connectivity index (χ0v) is 11.7. The highest BCUT2D eigenvalue weighted by atomic mass is 79.9. The van der Waals surface area contributed by atoms with Crippen LogP contribution in [-0.2, 0) is 18.1 Å². The summed E-state index contributed by atoms with van der Waals surface area (Å²) in [6, 6.07) is 5.40. The first-order chi connectivity index (χ1) is 8.99. The average Bonchev–Trinajstić information content (AvgIpc) is 2.80. The summed E-state index contributed by atoms with van der Waals surface area (Å²) < 4.78 is 40.6. The second-order valence-corrected chi connectivity index (χ2v) is 4.42. The van der Waals surface area contributed by atoms with Crippen molar-refractivity contribution in [3.63, 3.8) is 0 Å². The molecule has 0 atom stereocenters. The number of alkyl halides is 4. The van der Waals surface area contributed by atoms with Crippen LogP contribution in [0.5, 0.6) is 0 Å². The highest BCUT2D eigenvalue weighted by Crippen LogP contribution is 2.36. The van der Waals surface area contributed by atoms with Crippen molar-refractivity contribution in [1.29, 1.82) is 0 Å². The summed E-state index contributed by atoms with van der Waals surface area (Å²) in [5, 5.41) is 8.24. The van der Waals surface area contributed by atoms with E-state index in [-0.39, 0.29) is 11.4 Å². The Labute approximate surface area is 116 Å². The van der Waals surface area contributed by atoms with Gasteiger partial charge in [0.05, 0.1) is 10.9 Å². The average molecular weight is 334 g/mol. The predicted molar refractivity (Wildman–Crippen MR) is 68.8 cm³/mol. The first kappa shape index (κ1) is 14.0. The molecule has 1 heterocycles. The van der Waals surface area contributed by atoms with Crippen molar-refractivity contribution in [1.82, 2.24) is 14.8 Å². The molecule has 0 aliphatic carbocycles. The summed E-state index contributed by atoms with van der Waals surface area (Å²) >= 11 is 3.25. The predicted octanol–water partition coefficient (Wildman–Crippen LogP) is 3.88. The van der Waals surface area contributed by atoms with Crippen LogP contribution in [0.3, 0.4) is 0 Å². The largest absolute Gasteiger partial charge is 0.417 e. The highest BCUT2D eigenvalue weighted by molar-refractivity contribution is 9.08. The summed E-state index contributed by atoms with van der Waals surface area (Å²) in [4.78, 5) is 0. The van der Waals surface area contributed by atoms with E-state index >= 15 is 0 Å². The van der Waals surface area contributed by atoms with Gasteiger partial charge >= 0.3 is 6.18 Å². The molecule has 0 bridgehead atoms. The topological polar surface area (TPSA) is 30.7 Å². The Hall–Kier alpha value is -1.37. The van der Waals surface area contributed by atoms with Crippen molar-refractivity contribution < 1.29 is 13.2 Å². The number of halogens is 4. The molecule has 3 nitrogen and oxygen atoms in total. The SMILES string of the molecule is CCn1c(CBr)nnc1-c1ccccc1C(F)(F)F. The molecule has 0 amide bonds. The molecule has 19 heavy (non-hydrogen) atoms. The smallest absolute Gasteiger partial charge is 0.311 e. The standard InChI is InChI=1S/C12H11BrF3N3/c1-2-19-10(7-13)17-18-11(19)8-5-3-4-6-9(8)12(14,15)16/h3-6H,2,7H2,1H3. The second-order valence-electron chi connectivity index (χ2n) is 3.86. The van der Waals surface area contributed by atoms with E-state index < -0.39 is 11.7 Å². The molecular formula is C12H11BrF3N3. The molecule has 7 heteroatoms. The molecule has 0 saturated heterocycles. The summed E-state index contributed by atoms with van der Waals surface area (Å²) in [7, 11) is 0. The van der Waals surface area contributed by atoms with Gasteiger partial charge in [0.2, 0.25) is 0 Å². The van der Waals surface area contributed by atoms with Gasteiger partial charge in [-0.2, -0.15) is 13.2 Å². The third kappa shape index (κ3) is 2.65. The first-order valence-electron chi connectivity index (χ1n) is 5.63. The van der Waals surface area contributed by atoms with E-state index in [1.165, 1.54) is 12.1 Å². The summed E-state index contributed by atoms with van der Waals surface area (Å²) in [5.41, 5.74) is -0.644. The Bertz CT molecular complexity index is 578. The number of nitrogens with zero attached hydrogens (tertiary/aromatic N) is 3. The maximum absolute atomic E-state index is 13.0. The van der Waals surface area contributed by atoms with Gasteiger partial charge in [-0.1, -0.05) is 34.1 Å². The van der Waals surface area contributed by atoms with E-state index in [0.29, 0.717) is 17.7 Å². The van der Waals surface area contributed by atoms with E-state index in [0.717, 1.165) is 6.07 Å². The van der Waals surface area contributed by atoms with Gasteiger partial charge < -0.3 is 4.57 Å². The van der Waals surface area contributed by atoms with Gasteiger partial charge in [-0.15, -0.1) is 10.2 Å². The second kappa shape index (κ2) is 5.32. The van der Waals surface area contributed by atoms with E-state index in [1.54, 1.807) is 10.6 Å². The fourth-order valence-electron chi connectivity index (χ4n) is 1.89. The summed E-state index contributed by atoms with van der Waals surface area (Å²) in [6.07, 6.45) is -4.41. The van der Waals surface area contributed by atoms with Crippen LogP contribution in [0.25, 0.3) is 11.4 Å². The number of aromatic nitrogens is 3. The van der Waals surface area contributed by atoms with Crippen LogP contribution in [0.15, 0.2) is 24.3 Å². The molecule has 1 aromatic heterocycles. The Kier molecular flexibility index (Phi) is 3.93. The van der Waals surface area contributed by atoms with Crippen LogP contribution in [0.2, 0.25) is 0 Å². The molecular weight excluding hydrogens is 323 g/mol. The van der Waals surface area contributed by atoms with Crippen molar-refractivity contribution in [2.45, 2.75) is 25.0 Å². The van der Waals surface area contributed by atoms with Crippen molar-refractivity contribution in [2.75, 3.05) is 0 Å². The Morgan fingerprint density at radius 2 is 1.89 bits per heavy atom. The minimum absolute atomic E-state index is 0.0524. The zero-order chi connectivity index (χ0) is 14.0. The van der Waals surface area contributed by atoms with E-state index in [9.17, 15) is 13.2 Å². The molecule has 0 spiro atoms. The normalized spacial score (nSPS) is 11.8. The van der Waals surface area contributed by atoms with Crippen LogP contribution in [0.1, 0.15) is 18.3 Å². The molecule has 102 valence electrons. The lowest BCUT2D eigenvalue weighted by molar-refractivity contribution is -0.137. The van der Waals surface area contributed by atoms with Gasteiger partial charge in [0, 0.05) is 12.1 Å². The van der Waals surface area contributed by atoms with Crippen LogP contribution >= 0.6 is 15.9 Å². The zero-order valence-electron chi connectivity index (χ0n) is 10.1. The molecule has 0 unspecified atom stereocenters. The maximum Gasteiger partial charge on any atom is 0.417 e. The van der Waals surface area contributed by atoms with E-state index in [4.69, 9.17) is 0 Å². The number of benzene rings is 1. The molecule has 1 aromatic carbocycles. The molecule has 2 aromatic rings. The quantitative estimate of drug-likeness (QED) is 0.798. The molecule has 0 aliphatic rings. The van der Waals surface area contributed by atoms with Gasteiger partial charge in [0.15, 0.2) is 5.82 Å². The Morgan fingerprint density at radius 3 is 2.47 bits per heavy atom. The van der Waals surface area contributed by atoms with Crippen LogP contribution in [-0.4, -0.2) is 14.8 Å². The fourth-order valence-corrected chi connectivity index (χ4v) is 2.31. The van der Waals surface area contributed by atoms with Crippen LogP contribution in [0, 0.1) is 0 Å². The van der Waals surface area contributed by atoms with Crippen molar-refractivity contribution in [3.8, 4) is 11.4 Å². The lowest BCUT2D eigenvalue weighted by Crippen LogP contribution is -2.09. The molecule has 0 saturated carbocycles. The summed E-state index contributed by atoms with van der Waals surface area (Å²) in [5.74, 6) is 0.847. The fraction of sp³-hybridized carbons (Fsp3) is 0.333. The highest BCUT2D eigenvalue weighted by Gasteiger charge is 2.34. The van der Waals surface area contributed by atoms with E-state index in [2.05, 4.69) is 26.1 Å². The third-order valence-corrected chi connectivity index (χ3v) is 3.24. The lowest BCUT2D eigenvalue weighted by Gasteiger charge is -2.13. The third-order valence-electron chi connectivity index (χ3n) is 2.74. The monoisotopic (exact) mass is 333 g/mol. The van der Waals surface area contributed by atoms with Crippen molar-refractivity contribution in [2.24, 2.45) is 0 Å². The molecule has 0 fully saturated rings. The number of hydrogen-bond donors (Lipinski definition) is 0. The Balaban J connectivity index is 2.63. The minimum Gasteiger partial charge on any atom is -0.311 e. The lowest BCUT2D eigenvalue weighted by atomic mass is 10.1. The number of hydrogen-bond acceptors (Lipinski definition) is 2. The summed E-state index contributed by atoms with van der Waals surface area (Å²) in [6.45, 7) is 2.35. The Morgan fingerprint density at radius 1 is 1.21 bits per heavy atom. The maximum atomic E-state index is 13.0. The van der Waals surface area contributed by atoms with E-state index in [1.807, 2.05) is 6.92 Å². The molecule has 2 rings (SSSR count). The van der Waals surface area contributed by atoms with Gasteiger partial charge in [-0.05, 0) is 13.0 Å². The first-order valence-corrected chi connectivity index (χ1v) is 6.75. The minimum atomic E-state index is -4.41. The van der Waals surface area contributed by atoms with Gasteiger partial charge in [0.25, 0.3) is 0 Å². The van der Waals surface area contributed by atoms with Gasteiger partial charge in [0.1, 0.15) is 5.82 Å². The molecule has 0 N–H and O–H groups in total. The molecule has 0 aliphatic heterocycles. The van der Waals surface area contributed by atoms with Crippen LogP contribution in [0.4, 0.5) is 13.2 Å².